The maximum atomic E-state index is 12.1. The molecule has 3 N–H and O–H groups in total. The van der Waals surface area contributed by atoms with Crippen molar-refractivity contribution in [2.45, 2.75) is 19.9 Å². The molecule has 0 unspecified atom stereocenters. The van der Waals surface area contributed by atoms with E-state index in [4.69, 9.17) is 5.73 Å². The molecule has 1 amide bonds. The van der Waals surface area contributed by atoms with Crippen molar-refractivity contribution >= 4 is 27.5 Å². The van der Waals surface area contributed by atoms with Crippen molar-refractivity contribution in [1.29, 1.82) is 0 Å². The lowest BCUT2D eigenvalue weighted by Gasteiger charge is -2.12. The van der Waals surface area contributed by atoms with Crippen molar-refractivity contribution < 1.29 is 9.90 Å². The van der Waals surface area contributed by atoms with E-state index < -0.39 is 11.5 Å². The smallest absolute Gasteiger partial charge is 0.264 e. The Labute approximate surface area is 101 Å². The summed E-state index contributed by atoms with van der Waals surface area (Å²) >= 11 is 1.11. The highest BCUT2D eigenvalue weighted by atomic mass is 32.1. The van der Waals surface area contributed by atoms with Crippen LogP contribution in [0.5, 0.6) is 5.06 Å². The van der Waals surface area contributed by atoms with E-state index in [0.29, 0.717) is 10.2 Å². The van der Waals surface area contributed by atoms with E-state index >= 15 is 0 Å². The van der Waals surface area contributed by atoms with Gasteiger partial charge in [0.25, 0.3) is 11.5 Å². The van der Waals surface area contributed by atoms with Crippen LogP contribution in [0, 0.1) is 0 Å². The minimum atomic E-state index is -0.753. The molecule has 0 saturated heterocycles. The molecule has 90 valence electrons. The molecule has 0 aliphatic rings. The van der Waals surface area contributed by atoms with E-state index in [0.717, 1.165) is 11.3 Å². The summed E-state index contributed by atoms with van der Waals surface area (Å²) in [5, 5.41) is 10.2. The van der Waals surface area contributed by atoms with Crippen LogP contribution in [0.4, 0.5) is 0 Å². The fraction of sp³-hybridized carbons (Fsp3) is 0.273. The first kappa shape index (κ1) is 11.7. The molecule has 2 rings (SSSR count). The van der Waals surface area contributed by atoms with Crippen molar-refractivity contribution in [2.24, 2.45) is 5.73 Å². The lowest BCUT2D eigenvalue weighted by Crippen LogP contribution is -2.30. The van der Waals surface area contributed by atoms with E-state index in [1.165, 1.54) is 16.7 Å². The zero-order valence-corrected chi connectivity index (χ0v) is 10.2. The van der Waals surface area contributed by atoms with Gasteiger partial charge in [-0.1, -0.05) is 11.3 Å². The van der Waals surface area contributed by atoms with Gasteiger partial charge in [0.1, 0.15) is 10.4 Å². The summed E-state index contributed by atoms with van der Waals surface area (Å²) in [5.74, 6) is -0.753. The van der Waals surface area contributed by atoms with Gasteiger partial charge in [-0.15, -0.1) is 0 Å². The van der Waals surface area contributed by atoms with Gasteiger partial charge in [-0.2, -0.15) is 0 Å². The first-order valence-electron chi connectivity index (χ1n) is 5.09. The van der Waals surface area contributed by atoms with Crippen LogP contribution in [0.15, 0.2) is 16.9 Å². The summed E-state index contributed by atoms with van der Waals surface area (Å²) in [5.41, 5.74) is 4.70. The summed E-state index contributed by atoms with van der Waals surface area (Å²) in [6, 6.07) is 2.84. The quantitative estimate of drug-likeness (QED) is 0.848. The fourth-order valence-corrected chi connectivity index (χ4v) is 2.77. The van der Waals surface area contributed by atoms with E-state index in [-0.39, 0.29) is 16.7 Å². The average molecular weight is 252 g/mol. The molecular weight excluding hydrogens is 240 g/mol. The van der Waals surface area contributed by atoms with Crippen LogP contribution in [-0.2, 0) is 0 Å². The van der Waals surface area contributed by atoms with Crippen LogP contribution in [0.1, 0.15) is 30.2 Å². The second-order valence-corrected chi connectivity index (χ2v) is 5.05. The maximum absolute atomic E-state index is 12.1. The van der Waals surface area contributed by atoms with E-state index in [1.54, 1.807) is 0 Å². The van der Waals surface area contributed by atoms with Crippen LogP contribution in [0.3, 0.4) is 0 Å². The molecule has 2 heterocycles. The molecule has 0 radical (unpaired) electrons. The number of hydrogen-bond acceptors (Lipinski definition) is 4. The SMILES string of the molecule is CC(C)n1c(=O)c(C(N)=O)cc2cc(O)sc21. The Morgan fingerprint density at radius 2 is 2.12 bits per heavy atom. The first-order valence-corrected chi connectivity index (χ1v) is 5.91. The third kappa shape index (κ3) is 1.80. The number of thiophene rings is 1. The van der Waals surface area contributed by atoms with Crippen LogP contribution >= 0.6 is 11.3 Å². The van der Waals surface area contributed by atoms with Gasteiger partial charge >= 0.3 is 0 Å². The summed E-state index contributed by atoms with van der Waals surface area (Å²) in [6.07, 6.45) is 0. The standard InChI is InChI=1S/C11H12N2O3S/c1-5(2)13-10(16)7(9(12)15)3-6-4-8(14)17-11(6)13/h3-5,14H,1-2H3,(H2,12,15). The topological polar surface area (TPSA) is 85.3 Å². The zero-order valence-electron chi connectivity index (χ0n) is 9.43. The van der Waals surface area contributed by atoms with Crippen LogP contribution < -0.4 is 11.3 Å². The first-order chi connectivity index (χ1) is 7.91. The number of rotatable bonds is 2. The highest BCUT2D eigenvalue weighted by Crippen LogP contribution is 2.31. The number of carbonyl (C=O) groups excluding carboxylic acids is 1. The van der Waals surface area contributed by atoms with Crippen molar-refractivity contribution in [1.82, 2.24) is 4.57 Å². The van der Waals surface area contributed by atoms with Crippen molar-refractivity contribution in [3.8, 4) is 5.06 Å². The zero-order chi connectivity index (χ0) is 12.7. The van der Waals surface area contributed by atoms with E-state index in [2.05, 4.69) is 0 Å². The molecular formula is C11H12N2O3S. The van der Waals surface area contributed by atoms with Gasteiger partial charge in [-0.05, 0) is 19.9 Å². The second kappa shape index (κ2) is 3.89. The fourth-order valence-electron chi connectivity index (χ4n) is 1.76. The third-order valence-corrected chi connectivity index (χ3v) is 3.43. The van der Waals surface area contributed by atoms with Gasteiger partial charge < -0.3 is 10.8 Å². The monoisotopic (exact) mass is 252 g/mol. The molecule has 0 fully saturated rings. The molecule has 0 bridgehead atoms. The average Bonchev–Trinajstić information content (AvgIpc) is 2.55. The highest BCUT2D eigenvalue weighted by Gasteiger charge is 2.17. The highest BCUT2D eigenvalue weighted by molar-refractivity contribution is 7.20. The summed E-state index contributed by atoms with van der Waals surface area (Å²) in [7, 11) is 0. The molecule has 0 aromatic carbocycles. The summed E-state index contributed by atoms with van der Waals surface area (Å²) in [4.78, 5) is 23.9. The number of carbonyl (C=O) groups is 1. The minimum Gasteiger partial charge on any atom is -0.499 e. The van der Waals surface area contributed by atoms with Gasteiger partial charge in [-0.25, -0.2) is 0 Å². The Bertz CT molecular complexity index is 655. The predicted octanol–water partition coefficient (Wildman–Crippen LogP) is 1.45. The van der Waals surface area contributed by atoms with Crippen molar-refractivity contribution in [3.05, 3.63) is 28.0 Å². The van der Waals surface area contributed by atoms with Gasteiger partial charge in [0, 0.05) is 17.5 Å². The molecule has 0 aliphatic carbocycles. The second-order valence-electron chi connectivity index (χ2n) is 4.04. The normalized spacial score (nSPS) is 11.2. The number of nitrogens with two attached hydrogens (primary N) is 1. The Morgan fingerprint density at radius 3 is 2.65 bits per heavy atom. The number of hydrogen-bond donors (Lipinski definition) is 2. The number of aromatic nitrogens is 1. The molecule has 5 nitrogen and oxygen atoms in total. The summed E-state index contributed by atoms with van der Waals surface area (Å²) < 4.78 is 1.47. The number of primary amides is 1. The summed E-state index contributed by atoms with van der Waals surface area (Å²) in [6.45, 7) is 3.67. The van der Waals surface area contributed by atoms with Gasteiger partial charge in [-0.3, -0.25) is 14.2 Å². The lowest BCUT2D eigenvalue weighted by molar-refractivity contribution is 0.0998. The predicted molar refractivity (Wildman–Crippen MR) is 66.7 cm³/mol. The number of pyridine rings is 1. The van der Waals surface area contributed by atoms with E-state index in [9.17, 15) is 14.7 Å². The molecule has 17 heavy (non-hydrogen) atoms. The Hall–Kier alpha value is -1.82. The number of fused-ring (bicyclic) bond motifs is 1. The molecule has 0 spiro atoms. The third-order valence-electron chi connectivity index (χ3n) is 2.48. The number of nitrogens with zero attached hydrogens (tertiary/aromatic N) is 1. The van der Waals surface area contributed by atoms with Gasteiger partial charge in [0.05, 0.1) is 0 Å². The molecule has 0 aliphatic heterocycles. The maximum Gasteiger partial charge on any atom is 0.264 e. The Balaban J connectivity index is 2.95. The number of amides is 1. The minimum absolute atomic E-state index is 0.0519. The number of aromatic hydroxyl groups is 1. The van der Waals surface area contributed by atoms with Gasteiger partial charge in [0.2, 0.25) is 0 Å². The Kier molecular flexibility index (Phi) is 2.66. The van der Waals surface area contributed by atoms with Crippen LogP contribution in [0.2, 0.25) is 0 Å². The Morgan fingerprint density at radius 1 is 1.47 bits per heavy atom. The molecule has 0 atom stereocenters. The lowest BCUT2D eigenvalue weighted by atomic mass is 10.2. The molecule has 0 saturated carbocycles. The van der Waals surface area contributed by atoms with E-state index in [1.807, 2.05) is 13.8 Å². The van der Waals surface area contributed by atoms with Crippen LogP contribution in [0.25, 0.3) is 10.2 Å². The molecule has 6 heteroatoms. The van der Waals surface area contributed by atoms with Crippen LogP contribution in [-0.4, -0.2) is 15.6 Å². The molecule has 2 aromatic heterocycles. The van der Waals surface area contributed by atoms with Crippen molar-refractivity contribution in [3.63, 3.8) is 0 Å². The largest absolute Gasteiger partial charge is 0.499 e. The van der Waals surface area contributed by atoms with Crippen molar-refractivity contribution in [2.75, 3.05) is 0 Å². The van der Waals surface area contributed by atoms with Gasteiger partial charge in [0.15, 0.2) is 5.06 Å². The molecule has 2 aromatic rings.